The van der Waals surface area contributed by atoms with Gasteiger partial charge >= 0.3 is 5.97 Å². The highest BCUT2D eigenvalue weighted by Crippen LogP contribution is 2.18. The number of aromatic nitrogens is 4. The zero-order chi connectivity index (χ0) is 20.3. The monoisotopic (exact) mass is 382 g/mol. The lowest BCUT2D eigenvalue weighted by Crippen LogP contribution is -2.18. The van der Waals surface area contributed by atoms with Gasteiger partial charge < -0.3 is 15.7 Å². The van der Waals surface area contributed by atoms with Gasteiger partial charge in [0.2, 0.25) is 0 Å². The number of carboxylic acids is 1. The number of amides is 2. The first-order valence-corrected chi connectivity index (χ1v) is 8.40. The molecule has 0 fully saturated rings. The Kier molecular flexibility index (Phi) is 5.21. The molecule has 10 heteroatoms. The topological polar surface area (TPSA) is 131 Å². The number of anilines is 2. The largest absolute Gasteiger partial charge is 0.477 e. The van der Waals surface area contributed by atoms with Crippen molar-refractivity contribution in [2.45, 2.75) is 13.5 Å². The highest BCUT2D eigenvalue weighted by molar-refractivity contribution is 6.10. The summed E-state index contributed by atoms with van der Waals surface area (Å²) in [4.78, 5) is 36.1. The van der Waals surface area contributed by atoms with Crippen LogP contribution in [0.2, 0.25) is 0 Å². The van der Waals surface area contributed by atoms with Crippen molar-refractivity contribution in [3.05, 3.63) is 59.7 Å². The third-order valence-corrected chi connectivity index (χ3v) is 4.01. The second-order valence-electron chi connectivity index (χ2n) is 5.86. The van der Waals surface area contributed by atoms with Crippen molar-refractivity contribution in [3.8, 4) is 0 Å². The van der Waals surface area contributed by atoms with Crippen LogP contribution in [0.15, 0.2) is 42.7 Å². The number of rotatable bonds is 6. The van der Waals surface area contributed by atoms with E-state index in [4.69, 9.17) is 0 Å². The predicted molar refractivity (Wildman–Crippen MR) is 100 cm³/mol. The first-order chi connectivity index (χ1) is 13.4. The molecule has 28 heavy (non-hydrogen) atoms. The molecule has 2 aromatic heterocycles. The van der Waals surface area contributed by atoms with Crippen LogP contribution in [0.5, 0.6) is 0 Å². The molecule has 3 aromatic rings. The molecule has 0 radical (unpaired) electrons. The van der Waals surface area contributed by atoms with Gasteiger partial charge in [-0.15, -0.1) is 0 Å². The average molecular weight is 382 g/mol. The van der Waals surface area contributed by atoms with Crippen molar-refractivity contribution in [3.63, 3.8) is 0 Å². The number of carbonyl (C=O) groups is 3. The van der Waals surface area contributed by atoms with E-state index in [1.807, 2.05) is 6.92 Å². The zero-order valence-electron chi connectivity index (χ0n) is 15.2. The van der Waals surface area contributed by atoms with Gasteiger partial charge in [-0.3, -0.25) is 19.0 Å². The van der Waals surface area contributed by atoms with Crippen molar-refractivity contribution in [1.82, 2.24) is 19.6 Å². The molecule has 10 nitrogen and oxygen atoms in total. The minimum absolute atomic E-state index is 0.0590. The molecule has 0 saturated carbocycles. The Bertz CT molecular complexity index is 1050. The minimum Gasteiger partial charge on any atom is -0.477 e. The van der Waals surface area contributed by atoms with E-state index in [0.717, 1.165) is 4.68 Å². The number of benzene rings is 1. The number of hydrogen-bond acceptors (Lipinski definition) is 5. The molecule has 0 bridgehead atoms. The van der Waals surface area contributed by atoms with E-state index in [2.05, 4.69) is 20.8 Å². The summed E-state index contributed by atoms with van der Waals surface area (Å²) in [5.41, 5.74) is 1.01. The Morgan fingerprint density at radius 2 is 1.75 bits per heavy atom. The van der Waals surface area contributed by atoms with E-state index < -0.39 is 11.9 Å². The molecule has 0 aliphatic rings. The summed E-state index contributed by atoms with van der Waals surface area (Å²) in [5, 5.41) is 22.5. The number of nitrogens with one attached hydrogen (secondary N) is 2. The quantitative estimate of drug-likeness (QED) is 0.596. The van der Waals surface area contributed by atoms with E-state index >= 15 is 0 Å². The van der Waals surface area contributed by atoms with Gasteiger partial charge in [0.05, 0.1) is 11.8 Å². The summed E-state index contributed by atoms with van der Waals surface area (Å²) in [6.45, 7) is 2.44. The summed E-state index contributed by atoms with van der Waals surface area (Å²) in [7, 11) is 1.44. The van der Waals surface area contributed by atoms with Crippen LogP contribution in [0.3, 0.4) is 0 Å². The number of nitrogens with zero attached hydrogens (tertiary/aromatic N) is 4. The van der Waals surface area contributed by atoms with Crippen molar-refractivity contribution in [2.24, 2.45) is 7.05 Å². The van der Waals surface area contributed by atoms with E-state index in [9.17, 15) is 19.5 Å². The molecule has 0 aliphatic carbocycles. The lowest BCUT2D eigenvalue weighted by atomic mass is 10.2. The first-order valence-electron chi connectivity index (χ1n) is 8.40. The van der Waals surface area contributed by atoms with Gasteiger partial charge in [0.1, 0.15) is 5.69 Å². The molecule has 0 aliphatic heterocycles. The Hall–Kier alpha value is -3.95. The van der Waals surface area contributed by atoms with E-state index in [-0.39, 0.29) is 17.2 Å². The SMILES string of the molecule is CCn1nccc1C(=O)Nc1cccc(NC(=O)c2cnn(C)c2C(=O)O)c1. The molecule has 0 spiro atoms. The third kappa shape index (κ3) is 3.75. The number of carboxylic acid groups (broad SMARTS) is 1. The number of aryl methyl sites for hydroxylation is 2. The van der Waals surface area contributed by atoms with Crippen molar-refractivity contribution in [2.75, 3.05) is 10.6 Å². The number of hydrogen-bond donors (Lipinski definition) is 3. The van der Waals surface area contributed by atoms with E-state index in [1.165, 1.54) is 13.2 Å². The van der Waals surface area contributed by atoms with Crippen LogP contribution in [0.4, 0.5) is 11.4 Å². The molecule has 3 rings (SSSR count). The molecule has 0 saturated heterocycles. The second kappa shape index (κ2) is 7.74. The molecule has 3 N–H and O–H groups in total. The van der Waals surface area contributed by atoms with Gasteiger partial charge in [0.25, 0.3) is 11.8 Å². The van der Waals surface area contributed by atoms with Gasteiger partial charge in [-0.05, 0) is 31.2 Å². The predicted octanol–water partition coefficient (Wildman–Crippen LogP) is 1.84. The maximum atomic E-state index is 12.4. The number of aromatic carboxylic acids is 1. The Balaban J connectivity index is 1.76. The molecular formula is C18H18N6O4. The minimum atomic E-state index is -1.25. The standard InChI is InChI=1S/C18H18N6O4/c1-3-24-14(7-8-19-24)17(26)22-12-6-4-5-11(9-12)21-16(25)13-10-20-23(2)15(13)18(27)28/h4-10H,3H2,1-2H3,(H,21,25)(H,22,26)(H,27,28). The molecule has 0 atom stereocenters. The summed E-state index contributed by atoms with van der Waals surface area (Å²) in [5.74, 6) is -2.19. The molecule has 2 heterocycles. The Morgan fingerprint density at radius 1 is 1.07 bits per heavy atom. The Labute approximate surface area is 159 Å². The van der Waals surface area contributed by atoms with Crippen molar-refractivity contribution < 1.29 is 19.5 Å². The lowest BCUT2D eigenvalue weighted by molar-refractivity contribution is 0.0680. The summed E-state index contributed by atoms with van der Waals surface area (Å²) < 4.78 is 2.68. The van der Waals surface area contributed by atoms with Gasteiger partial charge in [-0.1, -0.05) is 6.07 Å². The lowest BCUT2D eigenvalue weighted by Gasteiger charge is -2.09. The Morgan fingerprint density at radius 3 is 2.39 bits per heavy atom. The fourth-order valence-corrected chi connectivity index (χ4v) is 2.70. The fraction of sp³-hybridized carbons (Fsp3) is 0.167. The van der Waals surface area contributed by atoms with Crippen LogP contribution in [0.25, 0.3) is 0 Å². The molecule has 144 valence electrons. The van der Waals surface area contributed by atoms with Crippen molar-refractivity contribution >= 4 is 29.2 Å². The van der Waals surface area contributed by atoms with Gasteiger partial charge in [-0.2, -0.15) is 10.2 Å². The third-order valence-electron chi connectivity index (χ3n) is 4.01. The van der Waals surface area contributed by atoms with Gasteiger partial charge in [0, 0.05) is 31.2 Å². The average Bonchev–Trinajstić information content (AvgIpc) is 3.28. The molecule has 2 amide bonds. The van der Waals surface area contributed by atoms with Crippen LogP contribution in [-0.4, -0.2) is 42.5 Å². The molecule has 1 aromatic carbocycles. The van der Waals surface area contributed by atoms with E-state index in [0.29, 0.717) is 23.6 Å². The maximum Gasteiger partial charge on any atom is 0.354 e. The maximum absolute atomic E-state index is 12.4. The van der Waals surface area contributed by atoms with Crippen molar-refractivity contribution in [1.29, 1.82) is 0 Å². The number of carbonyl (C=O) groups excluding carboxylic acids is 2. The van der Waals surface area contributed by atoms with Crippen LogP contribution >= 0.6 is 0 Å². The van der Waals surface area contributed by atoms with Crippen LogP contribution in [-0.2, 0) is 13.6 Å². The van der Waals surface area contributed by atoms with Gasteiger partial charge in [-0.25, -0.2) is 4.79 Å². The fourth-order valence-electron chi connectivity index (χ4n) is 2.70. The zero-order valence-corrected chi connectivity index (χ0v) is 15.2. The molecule has 0 unspecified atom stereocenters. The molecular weight excluding hydrogens is 364 g/mol. The second-order valence-corrected chi connectivity index (χ2v) is 5.86. The van der Waals surface area contributed by atoms with Crippen LogP contribution in [0, 0.1) is 0 Å². The summed E-state index contributed by atoms with van der Waals surface area (Å²) in [6.07, 6.45) is 2.74. The van der Waals surface area contributed by atoms with E-state index in [1.54, 1.807) is 41.2 Å². The smallest absolute Gasteiger partial charge is 0.354 e. The summed E-state index contributed by atoms with van der Waals surface area (Å²) in [6, 6.07) is 8.14. The van der Waals surface area contributed by atoms with Crippen LogP contribution < -0.4 is 10.6 Å². The van der Waals surface area contributed by atoms with Gasteiger partial charge in [0.15, 0.2) is 5.69 Å². The highest BCUT2D eigenvalue weighted by Gasteiger charge is 2.21. The van der Waals surface area contributed by atoms with Crippen LogP contribution in [0.1, 0.15) is 38.3 Å². The first kappa shape index (κ1) is 18.8. The summed E-state index contributed by atoms with van der Waals surface area (Å²) >= 11 is 0. The highest BCUT2D eigenvalue weighted by atomic mass is 16.4. The normalized spacial score (nSPS) is 10.5.